The Balaban J connectivity index is 2.22. The normalized spacial score (nSPS) is 14.2. The summed E-state index contributed by atoms with van der Waals surface area (Å²) in [7, 11) is 0. The summed E-state index contributed by atoms with van der Waals surface area (Å²) in [6.07, 6.45) is 0. The Bertz CT molecular complexity index is 542. The fourth-order valence-electron chi connectivity index (χ4n) is 2.18. The van der Waals surface area contributed by atoms with Crippen LogP contribution in [-0.2, 0) is 0 Å². The van der Waals surface area contributed by atoms with Gasteiger partial charge in [0, 0.05) is 16.2 Å². The highest BCUT2D eigenvalue weighted by atomic mass is 35.5. The van der Waals surface area contributed by atoms with E-state index in [1.807, 2.05) is 36.4 Å². The number of hydrogen-bond donors (Lipinski definition) is 1. The lowest BCUT2D eigenvalue weighted by atomic mass is 9.97. The van der Waals surface area contributed by atoms with Crippen LogP contribution in [0.2, 0.25) is 5.02 Å². The van der Waals surface area contributed by atoms with Gasteiger partial charge in [0.2, 0.25) is 0 Å². The summed E-state index contributed by atoms with van der Waals surface area (Å²) in [6, 6.07) is 18.2. The summed E-state index contributed by atoms with van der Waals surface area (Å²) in [5.74, 6) is 0.464. The van der Waals surface area contributed by atoms with Gasteiger partial charge in [-0.05, 0) is 23.6 Å². The van der Waals surface area contributed by atoms with Crippen molar-refractivity contribution >= 4 is 23.4 Å². The zero-order valence-corrected chi connectivity index (χ0v) is 13.4. The minimum atomic E-state index is -0.00234. The van der Waals surface area contributed by atoms with E-state index >= 15 is 0 Å². The second-order valence-electron chi connectivity index (χ2n) is 5.19. The van der Waals surface area contributed by atoms with Gasteiger partial charge >= 0.3 is 0 Å². The Labute approximate surface area is 130 Å². The third-order valence-electron chi connectivity index (χ3n) is 3.30. The molecule has 2 rings (SSSR count). The number of hydrogen-bond acceptors (Lipinski definition) is 2. The molecule has 0 spiro atoms. The molecule has 106 valence electrons. The van der Waals surface area contributed by atoms with E-state index in [0.717, 1.165) is 9.92 Å². The van der Waals surface area contributed by atoms with Crippen LogP contribution in [0.15, 0.2) is 59.5 Å². The van der Waals surface area contributed by atoms with Crippen molar-refractivity contribution in [2.45, 2.75) is 30.0 Å². The third-order valence-corrected chi connectivity index (χ3v) is 5.46. The van der Waals surface area contributed by atoms with E-state index < -0.39 is 0 Å². The maximum Gasteiger partial charge on any atom is 0.0541 e. The molecule has 0 aliphatic carbocycles. The highest BCUT2D eigenvalue weighted by molar-refractivity contribution is 8.00. The number of rotatable bonds is 5. The Hall–Kier alpha value is -0.960. The summed E-state index contributed by atoms with van der Waals surface area (Å²) in [6.45, 7) is 4.41. The van der Waals surface area contributed by atoms with Crippen LogP contribution in [-0.4, -0.2) is 5.25 Å². The molecule has 2 aromatic carbocycles. The van der Waals surface area contributed by atoms with Crippen molar-refractivity contribution in [1.82, 2.24) is 0 Å². The second-order valence-corrected chi connectivity index (χ2v) is 6.82. The first kappa shape index (κ1) is 15.4. The molecule has 0 aromatic heterocycles. The van der Waals surface area contributed by atoms with Crippen molar-refractivity contribution in [1.29, 1.82) is 0 Å². The average Bonchev–Trinajstić information content (AvgIpc) is 2.46. The molecule has 0 radical (unpaired) electrons. The molecule has 0 aliphatic rings. The molecule has 0 heterocycles. The summed E-state index contributed by atoms with van der Waals surface area (Å²) >= 11 is 8.03. The van der Waals surface area contributed by atoms with E-state index in [1.165, 1.54) is 5.56 Å². The fraction of sp³-hybridized carbons (Fsp3) is 0.294. The van der Waals surface area contributed by atoms with Gasteiger partial charge in [0.05, 0.1) is 5.02 Å². The molecule has 2 N–H and O–H groups in total. The predicted molar refractivity (Wildman–Crippen MR) is 89.3 cm³/mol. The van der Waals surface area contributed by atoms with E-state index in [4.69, 9.17) is 17.3 Å². The van der Waals surface area contributed by atoms with Gasteiger partial charge in [-0.3, -0.25) is 0 Å². The maximum absolute atomic E-state index is 6.47. The summed E-state index contributed by atoms with van der Waals surface area (Å²) < 4.78 is 0. The lowest BCUT2D eigenvalue weighted by molar-refractivity contribution is 0.528. The van der Waals surface area contributed by atoms with E-state index in [1.54, 1.807) is 11.8 Å². The molecule has 3 heteroatoms. The van der Waals surface area contributed by atoms with E-state index in [0.29, 0.717) is 5.92 Å². The number of thioether (sulfide) groups is 1. The highest BCUT2D eigenvalue weighted by Crippen LogP contribution is 2.38. The highest BCUT2D eigenvalue weighted by Gasteiger charge is 2.24. The Morgan fingerprint density at radius 1 is 0.950 bits per heavy atom. The zero-order chi connectivity index (χ0) is 14.5. The van der Waals surface area contributed by atoms with E-state index in [2.05, 4.69) is 32.0 Å². The van der Waals surface area contributed by atoms with Crippen LogP contribution in [0.3, 0.4) is 0 Å². The van der Waals surface area contributed by atoms with Crippen molar-refractivity contribution in [3.8, 4) is 0 Å². The van der Waals surface area contributed by atoms with Gasteiger partial charge in [0.1, 0.15) is 0 Å². The molecule has 0 fully saturated rings. The quantitative estimate of drug-likeness (QED) is 0.772. The van der Waals surface area contributed by atoms with E-state index in [-0.39, 0.29) is 11.3 Å². The first-order valence-electron chi connectivity index (χ1n) is 6.81. The van der Waals surface area contributed by atoms with Crippen molar-refractivity contribution in [3.63, 3.8) is 0 Å². The lowest BCUT2D eigenvalue weighted by Crippen LogP contribution is -2.28. The smallest absolute Gasteiger partial charge is 0.0541 e. The van der Waals surface area contributed by atoms with Crippen molar-refractivity contribution in [3.05, 3.63) is 65.2 Å². The van der Waals surface area contributed by atoms with Crippen LogP contribution in [0.25, 0.3) is 0 Å². The van der Waals surface area contributed by atoms with Gasteiger partial charge in [-0.1, -0.05) is 67.9 Å². The Morgan fingerprint density at radius 2 is 1.55 bits per heavy atom. The molecule has 20 heavy (non-hydrogen) atoms. The van der Waals surface area contributed by atoms with Crippen molar-refractivity contribution < 1.29 is 0 Å². The van der Waals surface area contributed by atoms with Crippen LogP contribution >= 0.6 is 23.4 Å². The number of halogens is 1. The SMILES string of the molecule is CC(C)C(Sc1ccccc1Cl)C(N)c1ccccc1. The van der Waals surface area contributed by atoms with Gasteiger partial charge in [0.25, 0.3) is 0 Å². The van der Waals surface area contributed by atoms with Crippen LogP contribution in [0, 0.1) is 5.92 Å². The lowest BCUT2D eigenvalue weighted by Gasteiger charge is -2.27. The molecule has 0 amide bonds. The first-order valence-corrected chi connectivity index (χ1v) is 8.07. The van der Waals surface area contributed by atoms with E-state index in [9.17, 15) is 0 Å². The number of benzene rings is 2. The third kappa shape index (κ3) is 3.78. The van der Waals surface area contributed by atoms with Crippen molar-refractivity contribution in [2.24, 2.45) is 11.7 Å². The average molecular weight is 306 g/mol. The number of nitrogens with two attached hydrogens (primary N) is 1. The molecule has 0 bridgehead atoms. The minimum absolute atomic E-state index is 0.00234. The monoisotopic (exact) mass is 305 g/mol. The molecule has 0 saturated heterocycles. The molecule has 2 aromatic rings. The second kappa shape index (κ2) is 7.16. The molecular weight excluding hydrogens is 286 g/mol. The van der Waals surface area contributed by atoms with Crippen LogP contribution in [0.5, 0.6) is 0 Å². The maximum atomic E-state index is 6.47. The van der Waals surface area contributed by atoms with Gasteiger partial charge in [-0.15, -0.1) is 11.8 Å². The standard InChI is InChI=1S/C17H20ClNS/c1-12(2)17(16(19)13-8-4-3-5-9-13)20-15-11-7-6-10-14(15)18/h3-12,16-17H,19H2,1-2H3. The summed E-state index contributed by atoms with van der Waals surface area (Å²) in [4.78, 5) is 1.10. The van der Waals surface area contributed by atoms with Gasteiger partial charge in [-0.25, -0.2) is 0 Å². The van der Waals surface area contributed by atoms with Crippen LogP contribution in [0.4, 0.5) is 0 Å². The Kier molecular flexibility index (Phi) is 5.53. The van der Waals surface area contributed by atoms with Crippen LogP contribution in [0.1, 0.15) is 25.5 Å². The molecule has 2 atom stereocenters. The zero-order valence-electron chi connectivity index (χ0n) is 11.8. The minimum Gasteiger partial charge on any atom is -0.323 e. The predicted octanol–water partition coefficient (Wildman–Crippen LogP) is 5.16. The Morgan fingerprint density at radius 3 is 2.15 bits per heavy atom. The molecular formula is C17H20ClNS. The fourth-order valence-corrected chi connectivity index (χ4v) is 3.65. The van der Waals surface area contributed by atoms with Gasteiger partial charge in [0.15, 0.2) is 0 Å². The van der Waals surface area contributed by atoms with Gasteiger partial charge in [-0.2, -0.15) is 0 Å². The van der Waals surface area contributed by atoms with Gasteiger partial charge < -0.3 is 5.73 Å². The molecule has 0 saturated carbocycles. The molecule has 1 nitrogen and oxygen atoms in total. The van der Waals surface area contributed by atoms with Crippen molar-refractivity contribution in [2.75, 3.05) is 0 Å². The largest absolute Gasteiger partial charge is 0.323 e. The summed E-state index contributed by atoms with van der Waals surface area (Å²) in [5.41, 5.74) is 7.65. The first-order chi connectivity index (χ1) is 9.59. The topological polar surface area (TPSA) is 26.0 Å². The molecule has 2 unspecified atom stereocenters. The summed E-state index contributed by atoms with van der Waals surface area (Å²) in [5, 5.41) is 1.08. The van der Waals surface area contributed by atoms with Crippen LogP contribution < -0.4 is 5.73 Å². The molecule has 0 aliphatic heterocycles.